The molecular weight excluding hydrogens is 280 g/mol. The van der Waals surface area contributed by atoms with Gasteiger partial charge in [0, 0.05) is 10.8 Å². The van der Waals surface area contributed by atoms with Crippen molar-refractivity contribution in [3.05, 3.63) is 29.8 Å². The van der Waals surface area contributed by atoms with Gasteiger partial charge in [-0.15, -0.1) is 0 Å². The van der Waals surface area contributed by atoms with Gasteiger partial charge in [0.25, 0.3) is 0 Å². The van der Waals surface area contributed by atoms with E-state index in [0.717, 1.165) is 18.4 Å². The average Bonchev–Trinajstić information content (AvgIpc) is 2.33. The van der Waals surface area contributed by atoms with Gasteiger partial charge >= 0.3 is 6.61 Å². The lowest BCUT2D eigenvalue weighted by Gasteiger charge is -2.24. The minimum Gasteiger partial charge on any atom is -0.435 e. The van der Waals surface area contributed by atoms with Gasteiger partial charge in [-0.05, 0) is 44.9 Å². The van der Waals surface area contributed by atoms with Crippen LogP contribution in [0.25, 0.3) is 0 Å². The molecule has 0 aromatic heterocycles. The Morgan fingerprint density at radius 2 is 2.00 bits per heavy atom. The molecule has 1 aromatic carbocycles. The first-order chi connectivity index (χ1) is 9.31. The van der Waals surface area contributed by atoms with E-state index in [1.807, 2.05) is 6.07 Å². The summed E-state index contributed by atoms with van der Waals surface area (Å²) in [6.45, 7) is 5.71. The van der Waals surface area contributed by atoms with E-state index in [1.54, 1.807) is 30.1 Å². The normalized spacial score (nSPS) is 13.6. The second kappa shape index (κ2) is 7.84. The average molecular weight is 303 g/mol. The molecule has 0 heterocycles. The van der Waals surface area contributed by atoms with Crippen LogP contribution in [0.3, 0.4) is 0 Å². The number of benzene rings is 1. The number of rotatable bonds is 7. The fourth-order valence-corrected chi connectivity index (χ4v) is 2.49. The van der Waals surface area contributed by atoms with Crippen molar-refractivity contribution in [1.29, 1.82) is 0 Å². The summed E-state index contributed by atoms with van der Waals surface area (Å²) in [6.07, 6.45) is 1.96. The summed E-state index contributed by atoms with van der Waals surface area (Å²) < 4.78 is 32.5. The van der Waals surface area contributed by atoms with E-state index in [1.165, 1.54) is 0 Å². The van der Waals surface area contributed by atoms with Crippen molar-refractivity contribution in [2.75, 3.05) is 0 Å². The highest BCUT2D eigenvalue weighted by Gasteiger charge is 2.17. The third-order valence-electron chi connectivity index (χ3n) is 2.57. The number of halogens is 2. The van der Waals surface area contributed by atoms with Gasteiger partial charge in [0.2, 0.25) is 0 Å². The van der Waals surface area contributed by atoms with Crippen LogP contribution in [0.15, 0.2) is 24.3 Å². The molecule has 1 atom stereocenters. The van der Waals surface area contributed by atoms with Gasteiger partial charge in [0.05, 0.1) is 0 Å². The molecule has 0 fully saturated rings. The predicted molar refractivity (Wildman–Crippen MR) is 81.2 cm³/mol. The van der Waals surface area contributed by atoms with Gasteiger partial charge in [-0.3, -0.25) is 4.72 Å². The number of hydrogen-bond donors (Lipinski definition) is 1. The minimum absolute atomic E-state index is 0.100. The van der Waals surface area contributed by atoms with Gasteiger partial charge in [-0.1, -0.05) is 37.4 Å². The van der Waals surface area contributed by atoms with E-state index in [-0.39, 0.29) is 16.5 Å². The van der Waals surface area contributed by atoms with Gasteiger partial charge in [-0.2, -0.15) is 8.78 Å². The molecule has 0 aliphatic carbocycles. The van der Waals surface area contributed by atoms with Gasteiger partial charge in [0.1, 0.15) is 5.75 Å². The van der Waals surface area contributed by atoms with Crippen molar-refractivity contribution in [3.8, 4) is 5.75 Å². The van der Waals surface area contributed by atoms with Crippen LogP contribution in [0.4, 0.5) is 8.78 Å². The second-order valence-corrected chi connectivity index (χ2v) is 7.29. The van der Waals surface area contributed by atoms with Crippen LogP contribution in [0, 0.1) is 0 Å². The summed E-state index contributed by atoms with van der Waals surface area (Å²) in [7, 11) is 0. The van der Waals surface area contributed by atoms with E-state index < -0.39 is 6.61 Å². The van der Waals surface area contributed by atoms with Crippen LogP contribution in [-0.2, 0) is 0 Å². The molecule has 1 aromatic rings. The van der Waals surface area contributed by atoms with E-state index in [2.05, 4.69) is 37.2 Å². The zero-order valence-electron chi connectivity index (χ0n) is 12.5. The summed E-state index contributed by atoms with van der Waals surface area (Å²) in [5.41, 5.74) is 0.974. The van der Waals surface area contributed by atoms with Gasteiger partial charge in [0.15, 0.2) is 0 Å². The maximum absolute atomic E-state index is 12.3. The van der Waals surface area contributed by atoms with Crippen LogP contribution in [0.1, 0.15) is 52.1 Å². The smallest absolute Gasteiger partial charge is 0.387 e. The molecule has 0 aliphatic rings. The van der Waals surface area contributed by atoms with Crippen molar-refractivity contribution in [3.63, 3.8) is 0 Å². The highest BCUT2D eigenvalue weighted by Crippen LogP contribution is 2.29. The molecule has 0 saturated carbocycles. The van der Waals surface area contributed by atoms with Crippen molar-refractivity contribution in [2.45, 2.75) is 57.9 Å². The van der Waals surface area contributed by atoms with Crippen LogP contribution in [0.2, 0.25) is 0 Å². The monoisotopic (exact) mass is 303 g/mol. The third kappa shape index (κ3) is 6.57. The Morgan fingerprint density at radius 1 is 1.30 bits per heavy atom. The predicted octanol–water partition coefficient (Wildman–Crippen LogP) is 5.17. The van der Waals surface area contributed by atoms with Crippen LogP contribution in [-0.4, -0.2) is 11.4 Å². The molecule has 1 N–H and O–H groups in total. The standard InChI is InChI=1S/C15H23F2NOS/c1-5-7-13(18-20-15(2,3)4)11-8-6-9-12(10-11)19-14(16)17/h6,8-10,13-14,18H,5,7H2,1-4H3. The Morgan fingerprint density at radius 3 is 2.55 bits per heavy atom. The number of nitrogens with one attached hydrogen (secondary N) is 1. The fraction of sp³-hybridized carbons (Fsp3) is 0.600. The largest absolute Gasteiger partial charge is 0.435 e. The summed E-state index contributed by atoms with van der Waals surface area (Å²) in [5.74, 6) is 0.209. The summed E-state index contributed by atoms with van der Waals surface area (Å²) >= 11 is 1.66. The zero-order chi connectivity index (χ0) is 15.2. The zero-order valence-corrected chi connectivity index (χ0v) is 13.3. The Hall–Kier alpha value is -0.810. The van der Waals surface area contributed by atoms with Crippen molar-refractivity contribution >= 4 is 11.9 Å². The number of ether oxygens (including phenoxy) is 1. The topological polar surface area (TPSA) is 21.3 Å². The molecule has 20 heavy (non-hydrogen) atoms. The summed E-state index contributed by atoms with van der Waals surface area (Å²) in [5, 5.41) is 0. The molecule has 0 spiro atoms. The van der Waals surface area contributed by atoms with Gasteiger partial charge < -0.3 is 4.74 Å². The first kappa shape index (κ1) is 17.2. The number of hydrogen-bond acceptors (Lipinski definition) is 3. The van der Waals surface area contributed by atoms with E-state index >= 15 is 0 Å². The molecule has 2 nitrogen and oxygen atoms in total. The third-order valence-corrected chi connectivity index (χ3v) is 3.59. The Labute approximate surface area is 124 Å². The lowest BCUT2D eigenvalue weighted by atomic mass is 10.0. The molecule has 0 bridgehead atoms. The lowest BCUT2D eigenvalue weighted by Crippen LogP contribution is -2.21. The highest BCUT2D eigenvalue weighted by molar-refractivity contribution is 7.98. The van der Waals surface area contributed by atoms with Gasteiger partial charge in [-0.25, -0.2) is 0 Å². The molecule has 0 amide bonds. The quantitative estimate of drug-likeness (QED) is 0.702. The van der Waals surface area contributed by atoms with Crippen molar-refractivity contribution < 1.29 is 13.5 Å². The first-order valence-corrected chi connectivity index (χ1v) is 7.62. The van der Waals surface area contributed by atoms with E-state index in [4.69, 9.17) is 0 Å². The Bertz CT molecular complexity index is 407. The molecule has 0 radical (unpaired) electrons. The van der Waals surface area contributed by atoms with E-state index in [0.29, 0.717) is 0 Å². The van der Waals surface area contributed by atoms with Crippen molar-refractivity contribution in [2.24, 2.45) is 0 Å². The first-order valence-electron chi connectivity index (χ1n) is 6.80. The van der Waals surface area contributed by atoms with Crippen LogP contribution >= 0.6 is 11.9 Å². The molecular formula is C15H23F2NOS. The number of alkyl halides is 2. The van der Waals surface area contributed by atoms with Crippen LogP contribution < -0.4 is 9.46 Å². The van der Waals surface area contributed by atoms with E-state index in [9.17, 15) is 8.78 Å². The minimum atomic E-state index is -2.79. The molecule has 5 heteroatoms. The highest BCUT2D eigenvalue weighted by atomic mass is 32.2. The fourth-order valence-electron chi connectivity index (χ4n) is 1.74. The molecule has 0 saturated heterocycles. The summed E-state index contributed by atoms with van der Waals surface area (Å²) in [4.78, 5) is 0. The second-order valence-electron chi connectivity index (χ2n) is 5.62. The molecule has 114 valence electrons. The molecule has 0 aliphatic heterocycles. The SMILES string of the molecule is CCCC(NSC(C)(C)C)c1cccc(OC(F)F)c1. The maximum atomic E-state index is 12.3. The molecule has 1 rings (SSSR count). The van der Waals surface area contributed by atoms with Crippen molar-refractivity contribution in [1.82, 2.24) is 4.72 Å². The Balaban J connectivity index is 2.80. The Kier molecular flexibility index (Phi) is 6.76. The maximum Gasteiger partial charge on any atom is 0.387 e. The molecule has 1 unspecified atom stereocenters. The lowest BCUT2D eigenvalue weighted by molar-refractivity contribution is -0.0499. The van der Waals surface area contributed by atoms with Crippen LogP contribution in [0.5, 0.6) is 5.75 Å². The summed E-state index contributed by atoms with van der Waals surface area (Å²) in [6, 6.07) is 7.05.